The maximum atomic E-state index is 14.0. The number of hydrogen-bond donors (Lipinski definition) is 1. The molecular formula is C28H32ClN3O6S. The van der Waals surface area contributed by atoms with Crippen LogP contribution in [0.1, 0.15) is 18.1 Å². The third-order valence-corrected chi connectivity index (χ3v) is 8.20. The van der Waals surface area contributed by atoms with Gasteiger partial charge >= 0.3 is 0 Å². The first-order chi connectivity index (χ1) is 18.5. The Kier molecular flexibility index (Phi) is 9.82. The lowest BCUT2D eigenvalue weighted by Gasteiger charge is -2.32. The minimum atomic E-state index is -4.26. The number of anilines is 1. The minimum absolute atomic E-state index is 0.0477. The molecule has 0 spiro atoms. The Morgan fingerprint density at radius 1 is 0.974 bits per heavy atom. The Bertz CT molecular complexity index is 1430. The van der Waals surface area contributed by atoms with Gasteiger partial charge in [0.2, 0.25) is 11.8 Å². The number of hydrogen-bond acceptors (Lipinski definition) is 6. The van der Waals surface area contributed by atoms with Gasteiger partial charge in [0.25, 0.3) is 10.0 Å². The number of sulfonamides is 1. The molecule has 2 amide bonds. The fourth-order valence-electron chi connectivity index (χ4n) is 3.97. The minimum Gasteiger partial charge on any atom is -0.493 e. The highest BCUT2D eigenvalue weighted by Gasteiger charge is 2.32. The fraction of sp³-hybridized carbons (Fsp3) is 0.286. The molecule has 3 aromatic carbocycles. The summed E-state index contributed by atoms with van der Waals surface area (Å²) < 4.78 is 39.5. The molecule has 0 saturated heterocycles. The summed E-state index contributed by atoms with van der Waals surface area (Å²) in [5.74, 6) is -0.378. The van der Waals surface area contributed by atoms with Crippen LogP contribution in [0, 0.1) is 6.92 Å². The number of likely N-dealkylation sites (N-methyl/N-ethyl adjacent to an activating group) is 1. The van der Waals surface area contributed by atoms with Crippen molar-refractivity contribution in [3.05, 3.63) is 82.9 Å². The molecule has 0 radical (unpaired) electrons. The molecule has 0 aliphatic heterocycles. The van der Waals surface area contributed by atoms with Crippen LogP contribution in [-0.4, -0.2) is 59.0 Å². The number of amides is 2. The molecule has 1 N–H and O–H groups in total. The van der Waals surface area contributed by atoms with E-state index >= 15 is 0 Å². The molecule has 0 aliphatic carbocycles. The number of benzene rings is 3. The van der Waals surface area contributed by atoms with Gasteiger partial charge in [-0.15, -0.1) is 0 Å². The summed E-state index contributed by atoms with van der Waals surface area (Å²) >= 11 is 6.14. The maximum Gasteiger partial charge on any atom is 0.264 e. The van der Waals surface area contributed by atoms with Gasteiger partial charge in [0.15, 0.2) is 11.5 Å². The average Bonchev–Trinajstić information content (AvgIpc) is 2.93. The van der Waals surface area contributed by atoms with Crippen LogP contribution in [0.25, 0.3) is 0 Å². The van der Waals surface area contributed by atoms with Gasteiger partial charge in [0.05, 0.1) is 24.8 Å². The first kappa shape index (κ1) is 29.8. The van der Waals surface area contributed by atoms with Crippen LogP contribution in [0.15, 0.2) is 71.6 Å². The van der Waals surface area contributed by atoms with Crippen molar-refractivity contribution >= 4 is 39.1 Å². The molecular weight excluding hydrogens is 542 g/mol. The molecule has 0 aliphatic rings. The normalized spacial score (nSPS) is 11.8. The number of rotatable bonds is 11. The predicted molar refractivity (Wildman–Crippen MR) is 151 cm³/mol. The van der Waals surface area contributed by atoms with E-state index in [0.717, 1.165) is 9.87 Å². The molecule has 3 aromatic rings. The standard InChI is InChI=1S/C28H32ClN3O6S/c1-19-9-11-23(12-10-19)32(39(35,36)24-13-14-25(37-4)26(16-24)38-5)18-27(33)31(20(2)28(34)30-3)17-21-7-6-8-22(29)15-21/h6-16,20H,17-18H2,1-5H3,(H,30,34)/t20-/m0/s1. The fourth-order valence-corrected chi connectivity index (χ4v) is 5.61. The SMILES string of the molecule is CNC(=O)[C@H](C)N(Cc1cccc(Cl)c1)C(=O)CN(c1ccc(C)cc1)S(=O)(=O)c1ccc(OC)c(OC)c1. The smallest absolute Gasteiger partial charge is 0.264 e. The summed E-state index contributed by atoms with van der Waals surface area (Å²) in [6, 6.07) is 17.0. The number of aryl methyl sites for hydroxylation is 1. The maximum absolute atomic E-state index is 14.0. The van der Waals surface area contributed by atoms with E-state index in [1.807, 2.05) is 6.92 Å². The van der Waals surface area contributed by atoms with E-state index < -0.39 is 34.4 Å². The van der Waals surface area contributed by atoms with Crippen LogP contribution in [0.5, 0.6) is 11.5 Å². The van der Waals surface area contributed by atoms with Crippen molar-refractivity contribution < 1.29 is 27.5 Å². The van der Waals surface area contributed by atoms with Crippen LogP contribution in [0.2, 0.25) is 5.02 Å². The van der Waals surface area contributed by atoms with Crippen molar-refractivity contribution in [2.75, 3.05) is 32.1 Å². The second-order valence-corrected chi connectivity index (χ2v) is 11.1. The number of carbonyl (C=O) groups excluding carboxylic acids is 2. The molecule has 11 heteroatoms. The molecule has 9 nitrogen and oxygen atoms in total. The zero-order valence-corrected chi connectivity index (χ0v) is 24.0. The van der Waals surface area contributed by atoms with Gasteiger partial charge in [0.1, 0.15) is 12.6 Å². The molecule has 0 aromatic heterocycles. The summed E-state index contributed by atoms with van der Waals surface area (Å²) in [5.41, 5.74) is 1.90. The Hall–Kier alpha value is -3.76. The first-order valence-electron chi connectivity index (χ1n) is 12.1. The topological polar surface area (TPSA) is 105 Å². The van der Waals surface area contributed by atoms with Crippen molar-refractivity contribution in [1.82, 2.24) is 10.2 Å². The van der Waals surface area contributed by atoms with Crippen LogP contribution < -0.4 is 19.1 Å². The highest BCUT2D eigenvalue weighted by Crippen LogP contribution is 2.32. The highest BCUT2D eigenvalue weighted by atomic mass is 35.5. The van der Waals surface area contributed by atoms with E-state index in [1.54, 1.807) is 55.5 Å². The van der Waals surface area contributed by atoms with Gasteiger partial charge in [-0.05, 0) is 55.8 Å². The summed E-state index contributed by atoms with van der Waals surface area (Å²) in [6.45, 7) is 2.95. The molecule has 3 rings (SSSR count). The molecule has 0 heterocycles. The second-order valence-electron chi connectivity index (χ2n) is 8.81. The second kappa shape index (κ2) is 12.9. The van der Waals surface area contributed by atoms with Crippen molar-refractivity contribution in [1.29, 1.82) is 0 Å². The monoisotopic (exact) mass is 573 g/mol. The Balaban J connectivity index is 2.07. The molecule has 39 heavy (non-hydrogen) atoms. The lowest BCUT2D eigenvalue weighted by molar-refractivity contribution is -0.139. The molecule has 0 saturated carbocycles. The van der Waals surface area contributed by atoms with Crippen LogP contribution in [0.3, 0.4) is 0 Å². The lowest BCUT2D eigenvalue weighted by Crippen LogP contribution is -2.50. The summed E-state index contributed by atoms with van der Waals surface area (Å²) in [5, 5.41) is 3.03. The predicted octanol–water partition coefficient (Wildman–Crippen LogP) is 4.02. The number of nitrogens with one attached hydrogen (secondary N) is 1. The largest absolute Gasteiger partial charge is 0.493 e. The van der Waals surface area contributed by atoms with Crippen molar-refractivity contribution in [3.63, 3.8) is 0 Å². The van der Waals surface area contributed by atoms with E-state index in [-0.39, 0.29) is 17.2 Å². The van der Waals surface area contributed by atoms with Crippen LogP contribution >= 0.6 is 11.6 Å². The van der Waals surface area contributed by atoms with Gasteiger partial charge in [-0.2, -0.15) is 0 Å². The van der Waals surface area contributed by atoms with E-state index in [0.29, 0.717) is 22.0 Å². The Labute approximate surface area is 234 Å². The van der Waals surface area contributed by atoms with E-state index in [2.05, 4.69) is 5.32 Å². The van der Waals surface area contributed by atoms with Gasteiger partial charge < -0.3 is 19.7 Å². The highest BCUT2D eigenvalue weighted by molar-refractivity contribution is 7.92. The van der Waals surface area contributed by atoms with E-state index in [4.69, 9.17) is 21.1 Å². The number of halogens is 1. The van der Waals surface area contributed by atoms with Gasteiger partial charge in [-0.25, -0.2) is 8.42 Å². The molecule has 0 fully saturated rings. The van der Waals surface area contributed by atoms with Crippen LogP contribution in [0.4, 0.5) is 5.69 Å². The van der Waals surface area contributed by atoms with Crippen molar-refractivity contribution in [2.24, 2.45) is 0 Å². The van der Waals surface area contributed by atoms with E-state index in [9.17, 15) is 18.0 Å². The van der Waals surface area contributed by atoms with Crippen molar-refractivity contribution in [3.8, 4) is 11.5 Å². The Morgan fingerprint density at radius 2 is 1.64 bits per heavy atom. The number of ether oxygens (including phenoxy) is 2. The van der Waals surface area contributed by atoms with Gasteiger partial charge in [-0.1, -0.05) is 41.4 Å². The zero-order chi connectivity index (χ0) is 28.7. The molecule has 0 unspecified atom stereocenters. The molecule has 0 bridgehead atoms. The van der Waals surface area contributed by atoms with Crippen LogP contribution in [-0.2, 0) is 26.2 Å². The number of carbonyl (C=O) groups is 2. The third-order valence-electron chi connectivity index (χ3n) is 6.20. The lowest BCUT2D eigenvalue weighted by atomic mass is 10.1. The summed E-state index contributed by atoms with van der Waals surface area (Å²) in [6.07, 6.45) is 0. The Morgan fingerprint density at radius 3 is 2.23 bits per heavy atom. The molecule has 1 atom stereocenters. The zero-order valence-electron chi connectivity index (χ0n) is 22.5. The first-order valence-corrected chi connectivity index (χ1v) is 13.9. The number of methoxy groups -OCH3 is 2. The average molecular weight is 574 g/mol. The molecule has 208 valence electrons. The van der Waals surface area contributed by atoms with Crippen molar-refractivity contribution in [2.45, 2.75) is 31.3 Å². The number of nitrogens with zero attached hydrogens (tertiary/aromatic N) is 2. The van der Waals surface area contributed by atoms with Gasteiger partial charge in [0, 0.05) is 24.7 Å². The summed E-state index contributed by atoms with van der Waals surface area (Å²) in [7, 11) is 0.0736. The third kappa shape index (κ3) is 7.01. The quantitative estimate of drug-likeness (QED) is 0.371. The summed E-state index contributed by atoms with van der Waals surface area (Å²) in [4.78, 5) is 27.6. The van der Waals surface area contributed by atoms with E-state index in [1.165, 1.54) is 44.4 Å². The van der Waals surface area contributed by atoms with Gasteiger partial charge in [-0.3, -0.25) is 13.9 Å².